The van der Waals surface area contributed by atoms with Crippen molar-refractivity contribution in [2.75, 3.05) is 0 Å². The van der Waals surface area contributed by atoms with Crippen molar-refractivity contribution in [2.45, 2.75) is 48.6 Å². The van der Waals surface area contributed by atoms with Gasteiger partial charge in [-0.05, 0) is 37.1 Å². The predicted octanol–water partition coefficient (Wildman–Crippen LogP) is 6.04. The Morgan fingerprint density at radius 1 is 0.897 bits per heavy atom. The normalized spacial score (nSPS) is 15.4. The van der Waals surface area contributed by atoms with Crippen LogP contribution in [0.4, 0.5) is 13.2 Å². The fourth-order valence-electron chi connectivity index (χ4n) is 3.34. The lowest BCUT2D eigenvalue weighted by Crippen LogP contribution is -2.10. The summed E-state index contributed by atoms with van der Waals surface area (Å²) in [7, 11) is 0. The van der Waals surface area contributed by atoms with Crippen molar-refractivity contribution in [1.29, 1.82) is 0 Å². The topological polar surface area (TPSA) is 51.6 Å². The van der Waals surface area contributed by atoms with Gasteiger partial charge < -0.3 is 0 Å². The summed E-state index contributed by atoms with van der Waals surface area (Å²) >= 11 is 1.64. The van der Waals surface area contributed by atoms with E-state index in [2.05, 4.69) is 20.2 Å². The van der Waals surface area contributed by atoms with E-state index >= 15 is 0 Å². The molecule has 1 aliphatic rings. The second-order valence-electron chi connectivity index (χ2n) is 6.96. The largest absolute Gasteiger partial charge is 0.416 e. The fourth-order valence-corrected chi connectivity index (χ4v) is 4.63. The molecule has 4 nitrogen and oxygen atoms in total. The number of rotatable bonds is 4. The smallest absolute Gasteiger partial charge is 0.253 e. The van der Waals surface area contributed by atoms with Gasteiger partial charge in [0.15, 0.2) is 0 Å². The van der Waals surface area contributed by atoms with Gasteiger partial charge in [0, 0.05) is 17.0 Å². The number of hydrogen-bond acceptors (Lipinski definition) is 5. The SMILES string of the molecule is FC(F)(F)c1ccc(-c2nnc(-c3ccccn3)nc2SC2CCCCC2)cc1. The van der Waals surface area contributed by atoms with Gasteiger partial charge in [-0.2, -0.15) is 13.2 Å². The zero-order chi connectivity index (χ0) is 20.3. The van der Waals surface area contributed by atoms with Gasteiger partial charge in [-0.1, -0.05) is 37.5 Å². The van der Waals surface area contributed by atoms with Crippen molar-refractivity contribution < 1.29 is 13.2 Å². The third kappa shape index (κ3) is 4.75. The van der Waals surface area contributed by atoms with E-state index in [9.17, 15) is 13.2 Å². The Bertz CT molecular complexity index is 956. The van der Waals surface area contributed by atoms with Crippen LogP contribution in [0.25, 0.3) is 22.8 Å². The van der Waals surface area contributed by atoms with Gasteiger partial charge in [0.1, 0.15) is 16.4 Å². The minimum atomic E-state index is -4.37. The zero-order valence-corrected chi connectivity index (χ0v) is 16.4. The van der Waals surface area contributed by atoms with Crippen LogP contribution in [0.1, 0.15) is 37.7 Å². The lowest BCUT2D eigenvalue weighted by molar-refractivity contribution is -0.137. The maximum Gasteiger partial charge on any atom is 0.416 e. The highest BCUT2D eigenvalue weighted by atomic mass is 32.2. The van der Waals surface area contributed by atoms with Gasteiger partial charge in [-0.3, -0.25) is 4.98 Å². The summed E-state index contributed by atoms with van der Waals surface area (Å²) in [6.07, 6.45) is 3.09. The lowest BCUT2D eigenvalue weighted by Gasteiger charge is -2.21. The van der Waals surface area contributed by atoms with Crippen LogP contribution >= 0.6 is 11.8 Å². The molecule has 0 spiro atoms. The van der Waals surface area contributed by atoms with Crippen LogP contribution < -0.4 is 0 Å². The highest BCUT2D eigenvalue weighted by Gasteiger charge is 2.30. The lowest BCUT2D eigenvalue weighted by atomic mass is 10.0. The molecule has 0 unspecified atom stereocenters. The maximum absolute atomic E-state index is 12.9. The molecule has 2 heterocycles. The number of nitrogens with zero attached hydrogens (tertiary/aromatic N) is 4. The summed E-state index contributed by atoms with van der Waals surface area (Å²) in [5.41, 5.74) is 1.01. The summed E-state index contributed by atoms with van der Waals surface area (Å²) in [6, 6.07) is 10.5. The first-order valence-corrected chi connectivity index (χ1v) is 10.4. The summed E-state index contributed by atoms with van der Waals surface area (Å²) < 4.78 is 38.7. The van der Waals surface area contributed by atoms with Crippen LogP contribution in [0.3, 0.4) is 0 Å². The molecule has 29 heavy (non-hydrogen) atoms. The van der Waals surface area contributed by atoms with Crippen molar-refractivity contribution >= 4 is 11.8 Å². The third-order valence-electron chi connectivity index (χ3n) is 4.86. The summed E-state index contributed by atoms with van der Waals surface area (Å²) in [5, 5.41) is 9.63. The maximum atomic E-state index is 12.9. The Balaban J connectivity index is 1.71. The van der Waals surface area contributed by atoms with Gasteiger partial charge in [-0.25, -0.2) is 4.98 Å². The molecule has 0 N–H and O–H groups in total. The Hall–Kier alpha value is -2.48. The molecule has 1 aliphatic carbocycles. The second-order valence-corrected chi connectivity index (χ2v) is 8.25. The van der Waals surface area contributed by atoms with Crippen molar-refractivity contribution in [2.24, 2.45) is 0 Å². The van der Waals surface area contributed by atoms with Crippen molar-refractivity contribution in [3.8, 4) is 22.8 Å². The van der Waals surface area contributed by atoms with Crippen molar-refractivity contribution in [1.82, 2.24) is 20.2 Å². The number of alkyl halides is 3. The van der Waals surface area contributed by atoms with Crippen LogP contribution in [0, 0.1) is 0 Å². The van der Waals surface area contributed by atoms with Gasteiger partial charge >= 0.3 is 6.18 Å². The summed E-state index contributed by atoms with van der Waals surface area (Å²) in [5.74, 6) is 0.416. The van der Waals surface area contributed by atoms with E-state index in [4.69, 9.17) is 0 Å². The first-order valence-electron chi connectivity index (χ1n) is 9.51. The van der Waals surface area contributed by atoms with Crippen LogP contribution in [0.2, 0.25) is 0 Å². The zero-order valence-electron chi connectivity index (χ0n) is 15.6. The molecule has 8 heteroatoms. The first-order chi connectivity index (χ1) is 14.0. The summed E-state index contributed by atoms with van der Waals surface area (Å²) in [6.45, 7) is 0. The monoisotopic (exact) mass is 416 g/mol. The third-order valence-corrected chi connectivity index (χ3v) is 6.18. The minimum absolute atomic E-state index is 0.416. The minimum Gasteiger partial charge on any atom is -0.253 e. The number of thioether (sulfide) groups is 1. The Morgan fingerprint density at radius 3 is 2.31 bits per heavy atom. The molecule has 0 bridgehead atoms. The van der Waals surface area contributed by atoms with E-state index in [1.807, 2.05) is 18.2 Å². The van der Waals surface area contributed by atoms with Crippen LogP contribution in [-0.2, 0) is 6.18 Å². The molecule has 0 saturated heterocycles. The Labute approximate surface area is 171 Å². The van der Waals surface area contributed by atoms with Crippen LogP contribution in [0.15, 0.2) is 53.7 Å². The van der Waals surface area contributed by atoms with E-state index in [1.54, 1.807) is 18.0 Å². The predicted molar refractivity (Wildman–Crippen MR) is 106 cm³/mol. The second kappa shape index (κ2) is 8.49. The van der Waals surface area contributed by atoms with Gasteiger partial charge in [0.25, 0.3) is 0 Å². The molecule has 0 amide bonds. The highest BCUT2D eigenvalue weighted by molar-refractivity contribution is 8.00. The van der Waals surface area contributed by atoms with Crippen LogP contribution in [-0.4, -0.2) is 25.4 Å². The van der Waals surface area contributed by atoms with Gasteiger partial charge in [0.2, 0.25) is 5.82 Å². The van der Waals surface area contributed by atoms with E-state index in [0.29, 0.717) is 33.1 Å². The number of benzene rings is 1. The fraction of sp³-hybridized carbons (Fsp3) is 0.333. The molecule has 0 aliphatic heterocycles. The number of pyridine rings is 1. The average Bonchev–Trinajstić information content (AvgIpc) is 2.75. The first kappa shape index (κ1) is 19.8. The van der Waals surface area contributed by atoms with Gasteiger partial charge in [-0.15, -0.1) is 22.0 Å². The molecule has 1 aromatic carbocycles. The van der Waals surface area contributed by atoms with Crippen molar-refractivity contribution in [3.05, 3.63) is 54.2 Å². The molecular weight excluding hydrogens is 397 g/mol. The Morgan fingerprint density at radius 2 is 1.66 bits per heavy atom. The number of halogens is 3. The Kier molecular flexibility index (Phi) is 5.80. The molecular formula is C21H19F3N4S. The standard InChI is InChI=1S/C21H19F3N4S/c22-21(23,24)15-11-9-14(10-12-15)18-20(29-16-6-2-1-3-7-16)26-19(28-27-18)17-8-4-5-13-25-17/h4-5,8-13,16H,1-3,6-7H2. The number of hydrogen-bond donors (Lipinski definition) is 0. The average molecular weight is 416 g/mol. The molecule has 3 aromatic rings. The molecule has 1 fully saturated rings. The van der Waals surface area contributed by atoms with E-state index in [1.165, 1.54) is 31.4 Å². The quantitative estimate of drug-likeness (QED) is 0.519. The molecule has 4 rings (SSSR count). The van der Waals surface area contributed by atoms with E-state index < -0.39 is 11.7 Å². The molecule has 150 valence electrons. The van der Waals surface area contributed by atoms with Crippen molar-refractivity contribution in [3.63, 3.8) is 0 Å². The van der Waals surface area contributed by atoms with Crippen LogP contribution in [0.5, 0.6) is 0 Å². The molecule has 0 atom stereocenters. The van der Waals surface area contributed by atoms with E-state index in [-0.39, 0.29) is 0 Å². The highest BCUT2D eigenvalue weighted by Crippen LogP contribution is 2.38. The summed E-state index contributed by atoms with van der Waals surface area (Å²) in [4.78, 5) is 8.97. The molecule has 2 aromatic heterocycles. The molecule has 0 radical (unpaired) electrons. The number of aromatic nitrogens is 4. The van der Waals surface area contributed by atoms with E-state index in [0.717, 1.165) is 25.0 Å². The molecule has 1 saturated carbocycles. The van der Waals surface area contributed by atoms with Gasteiger partial charge in [0.05, 0.1) is 5.56 Å².